The van der Waals surface area contributed by atoms with Gasteiger partial charge in [0.15, 0.2) is 5.83 Å². The molecule has 0 spiro atoms. The van der Waals surface area contributed by atoms with E-state index >= 15 is 0 Å². The minimum Gasteiger partial charge on any atom is -0.206 e. The molecule has 16 heavy (non-hydrogen) atoms. The van der Waals surface area contributed by atoms with E-state index < -0.39 is 11.9 Å². The van der Waals surface area contributed by atoms with Crippen molar-refractivity contribution in [3.8, 4) is 0 Å². The first kappa shape index (κ1) is 12.6. The van der Waals surface area contributed by atoms with E-state index in [1.807, 2.05) is 19.1 Å². The predicted octanol–water partition coefficient (Wildman–Crippen LogP) is 4.65. The van der Waals surface area contributed by atoms with Crippen LogP contribution in [0.3, 0.4) is 0 Å². The number of halogens is 3. The van der Waals surface area contributed by atoms with Crippen molar-refractivity contribution in [1.82, 2.24) is 0 Å². The number of rotatable bonds is 4. The molecule has 0 unspecified atom stereocenters. The summed E-state index contributed by atoms with van der Waals surface area (Å²) in [4.78, 5) is 0. The minimum absolute atomic E-state index is 0.255. The first-order chi connectivity index (χ1) is 7.54. The van der Waals surface area contributed by atoms with Gasteiger partial charge in [-0.25, -0.2) is 4.39 Å². The largest absolute Gasteiger partial charge is 0.301 e. The lowest BCUT2D eigenvalue weighted by Gasteiger charge is -2.04. The highest BCUT2D eigenvalue weighted by atomic mass is 19.3. The maximum absolute atomic E-state index is 12.6. The second kappa shape index (κ2) is 5.54. The molecule has 0 amide bonds. The third-order valence-corrected chi connectivity index (χ3v) is 2.39. The van der Waals surface area contributed by atoms with Gasteiger partial charge in [0.25, 0.3) is 0 Å². The summed E-state index contributed by atoms with van der Waals surface area (Å²) in [5.41, 5.74) is 2.86. The normalized spacial score (nSPS) is 10.0. The molecule has 0 aliphatic carbocycles. The lowest BCUT2D eigenvalue weighted by Crippen LogP contribution is -1.89. The van der Waals surface area contributed by atoms with Crippen molar-refractivity contribution >= 4 is 6.08 Å². The molecule has 86 valence electrons. The van der Waals surface area contributed by atoms with Crippen LogP contribution in [-0.4, -0.2) is 0 Å². The standard InChI is InChI=1S/C13H13F3/c1-3-11-6-4-10(8-9(11)2)5-7-12(14)13(15)16/h3-4,6,8H,1,5,7H2,2H3. The first-order valence-corrected chi connectivity index (χ1v) is 4.96. The van der Waals surface area contributed by atoms with Gasteiger partial charge in [-0.3, -0.25) is 0 Å². The van der Waals surface area contributed by atoms with Crippen LogP contribution in [0.2, 0.25) is 0 Å². The number of allylic oxidation sites excluding steroid dienone is 1. The fourth-order valence-electron chi connectivity index (χ4n) is 1.47. The molecule has 0 aliphatic rings. The molecule has 0 N–H and O–H groups in total. The fourth-order valence-corrected chi connectivity index (χ4v) is 1.47. The molecule has 0 nitrogen and oxygen atoms in total. The van der Waals surface area contributed by atoms with Crippen LogP contribution in [0.15, 0.2) is 36.7 Å². The molecule has 0 saturated heterocycles. The molecule has 0 bridgehead atoms. The monoisotopic (exact) mass is 226 g/mol. The van der Waals surface area contributed by atoms with E-state index in [9.17, 15) is 13.2 Å². The van der Waals surface area contributed by atoms with Crippen LogP contribution in [0.5, 0.6) is 0 Å². The van der Waals surface area contributed by atoms with Crippen LogP contribution in [-0.2, 0) is 6.42 Å². The summed E-state index contributed by atoms with van der Waals surface area (Å²) in [7, 11) is 0. The average molecular weight is 226 g/mol. The van der Waals surface area contributed by atoms with E-state index in [1.165, 1.54) is 0 Å². The van der Waals surface area contributed by atoms with Gasteiger partial charge >= 0.3 is 6.08 Å². The highest BCUT2D eigenvalue weighted by Gasteiger charge is 2.05. The van der Waals surface area contributed by atoms with Gasteiger partial charge in [0, 0.05) is 6.42 Å². The molecule has 1 aromatic rings. The van der Waals surface area contributed by atoms with Crippen molar-refractivity contribution in [2.75, 3.05) is 0 Å². The van der Waals surface area contributed by atoms with Crippen molar-refractivity contribution in [3.05, 3.63) is 53.4 Å². The van der Waals surface area contributed by atoms with Gasteiger partial charge in [-0.05, 0) is 30.0 Å². The summed E-state index contributed by atoms with van der Waals surface area (Å²) in [5, 5.41) is 0. The van der Waals surface area contributed by atoms with Crippen LogP contribution >= 0.6 is 0 Å². The summed E-state index contributed by atoms with van der Waals surface area (Å²) in [5.74, 6) is -1.33. The van der Waals surface area contributed by atoms with E-state index in [4.69, 9.17) is 0 Å². The van der Waals surface area contributed by atoms with Crippen molar-refractivity contribution in [1.29, 1.82) is 0 Å². The third-order valence-electron chi connectivity index (χ3n) is 2.39. The van der Waals surface area contributed by atoms with Gasteiger partial charge in [-0.2, -0.15) is 8.78 Å². The Kier molecular flexibility index (Phi) is 4.35. The molecule has 0 aromatic heterocycles. The fraction of sp³-hybridized carbons (Fsp3) is 0.231. The Morgan fingerprint density at radius 1 is 1.31 bits per heavy atom. The van der Waals surface area contributed by atoms with E-state index in [-0.39, 0.29) is 12.8 Å². The third kappa shape index (κ3) is 3.26. The summed E-state index contributed by atoms with van der Waals surface area (Å²) in [6.45, 7) is 5.56. The Morgan fingerprint density at radius 3 is 2.50 bits per heavy atom. The number of hydrogen-bond donors (Lipinski definition) is 0. The Labute approximate surface area is 93.1 Å². The van der Waals surface area contributed by atoms with Crippen LogP contribution in [0.4, 0.5) is 13.2 Å². The molecule has 0 aliphatic heterocycles. The number of aryl methyl sites for hydroxylation is 2. The summed E-state index contributed by atoms with van der Waals surface area (Å²) in [6.07, 6.45) is -0.475. The molecular weight excluding hydrogens is 213 g/mol. The van der Waals surface area contributed by atoms with Gasteiger partial charge in [0.05, 0.1) is 0 Å². The second-order valence-corrected chi connectivity index (χ2v) is 3.56. The molecule has 1 aromatic carbocycles. The van der Waals surface area contributed by atoms with Gasteiger partial charge in [0.1, 0.15) is 0 Å². The van der Waals surface area contributed by atoms with Crippen molar-refractivity contribution in [2.45, 2.75) is 19.8 Å². The average Bonchev–Trinajstić information content (AvgIpc) is 2.25. The van der Waals surface area contributed by atoms with Crippen molar-refractivity contribution in [2.24, 2.45) is 0 Å². The Hall–Kier alpha value is -1.51. The molecule has 0 atom stereocenters. The van der Waals surface area contributed by atoms with Crippen LogP contribution in [0.25, 0.3) is 6.08 Å². The topological polar surface area (TPSA) is 0 Å². The zero-order valence-corrected chi connectivity index (χ0v) is 9.06. The summed E-state index contributed by atoms with van der Waals surface area (Å²) >= 11 is 0. The lowest BCUT2D eigenvalue weighted by atomic mass is 10.0. The lowest BCUT2D eigenvalue weighted by molar-refractivity contribution is 0.370. The van der Waals surface area contributed by atoms with Crippen molar-refractivity contribution < 1.29 is 13.2 Å². The Morgan fingerprint density at radius 2 is 2.00 bits per heavy atom. The van der Waals surface area contributed by atoms with E-state index in [2.05, 4.69) is 6.58 Å². The zero-order valence-electron chi connectivity index (χ0n) is 9.06. The molecule has 0 radical (unpaired) electrons. The van der Waals surface area contributed by atoms with Crippen LogP contribution in [0, 0.1) is 6.92 Å². The van der Waals surface area contributed by atoms with Gasteiger partial charge in [0.2, 0.25) is 0 Å². The van der Waals surface area contributed by atoms with Gasteiger partial charge in [-0.15, -0.1) is 0 Å². The second-order valence-electron chi connectivity index (χ2n) is 3.56. The smallest absolute Gasteiger partial charge is 0.206 e. The molecular formula is C13H13F3. The van der Waals surface area contributed by atoms with Gasteiger partial charge in [-0.1, -0.05) is 30.9 Å². The van der Waals surface area contributed by atoms with Crippen molar-refractivity contribution in [3.63, 3.8) is 0 Å². The van der Waals surface area contributed by atoms with Crippen LogP contribution < -0.4 is 0 Å². The summed E-state index contributed by atoms with van der Waals surface area (Å²) < 4.78 is 36.2. The quantitative estimate of drug-likeness (QED) is 0.701. The molecule has 3 heteroatoms. The van der Waals surface area contributed by atoms with E-state index in [0.29, 0.717) is 0 Å². The molecule has 0 fully saturated rings. The Bertz CT molecular complexity index is 415. The maximum Gasteiger partial charge on any atom is 0.301 e. The summed E-state index contributed by atoms with van der Waals surface area (Å²) in [6, 6.07) is 5.51. The predicted molar refractivity (Wildman–Crippen MR) is 59.9 cm³/mol. The van der Waals surface area contributed by atoms with E-state index in [0.717, 1.165) is 16.7 Å². The Balaban J connectivity index is 2.73. The first-order valence-electron chi connectivity index (χ1n) is 4.96. The van der Waals surface area contributed by atoms with Gasteiger partial charge < -0.3 is 0 Å². The number of benzene rings is 1. The van der Waals surface area contributed by atoms with E-state index in [1.54, 1.807) is 12.1 Å². The number of hydrogen-bond acceptors (Lipinski definition) is 0. The SMILES string of the molecule is C=Cc1ccc(CCC(F)=C(F)F)cc1C. The molecule has 0 heterocycles. The molecule has 1 rings (SSSR count). The van der Waals surface area contributed by atoms with Crippen LogP contribution in [0.1, 0.15) is 23.1 Å². The maximum atomic E-state index is 12.6. The molecule has 0 saturated carbocycles. The highest BCUT2D eigenvalue weighted by molar-refractivity contribution is 5.52. The minimum atomic E-state index is -2.22. The zero-order chi connectivity index (χ0) is 12.1. The highest BCUT2D eigenvalue weighted by Crippen LogP contribution is 2.18.